The first kappa shape index (κ1) is 13.0. The Kier molecular flexibility index (Phi) is 4.45. The van der Waals surface area contributed by atoms with E-state index in [4.69, 9.17) is 4.74 Å². The SMILES string of the molecule is COC(=O)C(C)OC(=O)C=Cc1cnn(C)c1. The van der Waals surface area contributed by atoms with Gasteiger partial charge in [0.05, 0.1) is 13.3 Å². The van der Waals surface area contributed by atoms with Crippen molar-refractivity contribution >= 4 is 18.0 Å². The van der Waals surface area contributed by atoms with Crippen molar-refractivity contribution in [1.82, 2.24) is 9.78 Å². The van der Waals surface area contributed by atoms with Crippen LogP contribution in [0.3, 0.4) is 0 Å². The van der Waals surface area contributed by atoms with Gasteiger partial charge in [-0.05, 0) is 13.0 Å². The Morgan fingerprint density at radius 1 is 1.53 bits per heavy atom. The molecule has 92 valence electrons. The van der Waals surface area contributed by atoms with Crippen molar-refractivity contribution in [1.29, 1.82) is 0 Å². The maximum Gasteiger partial charge on any atom is 0.346 e. The summed E-state index contributed by atoms with van der Waals surface area (Å²) in [7, 11) is 3.01. The number of carbonyl (C=O) groups excluding carboxylic acids is 2. The lowest BCUT2D eigenvalue weighted by Gasteiger charge is -2.08. The predicted molar refractivity (Wildman–Crippen MR) is 59.8 cm³/mol. The zero-order valence-corrected chi connectivity index (χ0v) is 9.91. The van der Waals surface area contributed by atoms with Crippen LogP contribution in [0.5, 0.6) is 0 Å². The zero-order valence-electron chi connectivity index (χ0n) is 9.91. The molecule has 17 heavy (non-hydrogen) atoms. The van der Waals surface area contributed by atoms with Crippen molar-refractivity contribution in [2.75, 3.05) is 7.11 Å². The molecule has 0 fully saturated rings. The molecule has 1 unspecified atom stereocenters. The Hall–Kier alpha value is -2.11. The summed E-state index contributed by atoms with van der Waals surface area (Å²) in [5, 5.41) is 3.94. The Bertz CT molecular complexity index is 436. The first-order chi connectivity index (χ1) is 8.02. The fourth-order valence-corrected chi connectivity index (χ4v) is 1.12. The Balaban J connectivity index is 2.50. The highest BCUT2D eigenvalue weighted by Crippen LogP contribution is 2.01. The molecule has 0 saturated heterocycles. The van der Waals surface area contributed by atoms with Crippen molar-refractivity contribution in [3.63, 3.8) is 0 Å². The van der Waals surface area contributed by atoms with Crippen LogP contribution in [-0.4, -0.2) is 34.9 Å². The minimum atomic E-state index is -0.911. The molecule has 0 radical (unpaired) electrons. The predicted octanol–water partition coefficient (Wildman–Crippen LogP) is 0.538. The van der Waals surface area contributed by atoms with Crippen LogP contribution in [0.4, 0.5) is 0 Å². The van der Waals surface area contributed by atoms with E-state index in [9.17, 15) is 9.59 Å². The van der Waals surface area contributed by atoms with E-state index < -0.39 is 18.0 Å². The van der Waals surface area contributed by atoms with Gasteiger partial charge in [-0.2, -0.15) is 5.10 Å². The second-order valence-corrected chi connectivity index (χ2v) is 3.38. The van der Waals surface area contributed by atoms with Gasteiger partial charge in [0.25, 0.3) is 0 Å². The average Bonchev–Trinajstić information content (AvgIpc) is 2.71. The van der Waals surface area contributed by atoms with Gasteiger partial charge in [-0.1, -0.05) is 0 Å². The van der Waals surface area contributed by atoms with Gasteiger partial charge in [-0.3, -0.25) is 4.68 Å². The highest BCUT2D eigenvalue weighted by atomic mass is 16.6. The molecule has 0 aliphatic heterocycles. The van der Waals surface area contributed by atoms with Gasteiger partial charge >= 0.3 is 11.9 Å². The molecule has 0 aliphatic carbocycles. The highest BCUT2D eigenvalue weighted by molar-refractivity contribution is 5.89. The molecule has 0 N–H and O–H groups in total. The monoisotopic (exact) mass is 238 g/mol. The highest BCUT2D eigenvalue weighted by Gasteiger charge is 2.16. The van der Waals surface area contributed by atoms with Crippen LogP contribution in [0.1, 0.15) is 12.5 Å². The second-order valence-electron chi connectivity index (χ2n) is 3.38. The summed E-state index contributed by atoms with van der Waals surface area (Å²) in [6.45, 7) is 1.45. The van der Waals surface area contributed by atoms with E-state index in [1.807, 2.05) is 0 Å². The molecule has 1 heterocycles. The summed E-state index contributed by atoms with van der Waals surface area (Å²) in [5.74, 6) is -1.19. The minimum absolute atomic E-state index is 0.590. The van der Waals surface area contributed by atoms with Crippen molar-refractivity contribution in [3.05, 3.63) is 24.0 Å². The number of aryl methyl sites for hydroxylation is 1. The van der Waals surface area contributed by atoms with Crippen LogP contribution in [0.2, 0.25) is 0 Å². The molecule has 0 bridgehead atoms. The van der Waals surface area contributed by atoms with Crippen molar-refractivity contribution in [2.45, 2.75) is 13.0 Å². The summed E-state index contributed by atoms with van der Waals surface area (Å²) in [6, 6.07) is 0. The first-order valence-corrected chi connectivity index (χ1v) is 4.98. The number of ether oxygens (including phenoxy) is 2. The summed E-state index contributed by atoms with van der Waals surface area (Å²) >= 11 is 0. The maximum atomic E-state index is 11.3. The molecule has 0 amide bonds. The number of carbonyl (C=O) groups is 2. The normalized spacial score (nSPS) is 12.4. The molecule has 1 atom stereocenters. The van der Waals surface area contributed by atoms with Gasteiger partial charge in [0.1, 0.15) is 0 Å². The topological polar surface area (TPSA) is 70.4 Å². The Morgan fingerprint density at radius 3 is 2.76 bits per heavy atom. The summed E-state index contributed by atoms with van der Waals surface area (Å²) < 4.78 is 10.8. The minimum Gasteiger partial charge on any atom is -0.466 e. The lowest BCUT2D eigenvalue weighted by atomic mass is 10.3. The van der Waals surface area contributed by atoms with Gasteiger partial charge in [0.2, 0.25) is 0 Å². The molecule has 1 rings (SSSR count). The third kappa shape index (κ3) is 4.10. The van der Waals surface area contributed by atoms with Gasteiger partial charge < -0.3 is 9.47 Å². The van der Waals surface area contributed by atoms with Crippen molar-refractivity contribution in [2.24, 2.45) is 7.05 Å². The van der Waals surface area contributed by atoms with Crippen LogP contribution in [0, 0.1) is 0 Å². The van der Waals surface area contributed by atoms with E-state index in [2.05, 4.69) is 9.84 Å². The first-order valence-electron chi connectivity index (χ1n) is 4.98. The third-order valence-corrected chi connectivity index (χ3v) is 1.96. The van der Waals surface area contributed by atoms with E-state index in [0.717, 1.165) is 5.56 Å². The molecule has 0 spiro atoms. The van der Waals surface area contributed by atoms with Crippen molar-refractivity contribution < 1.29 is 19.1 Å². The van der Waals surface area contributed by atoms with Crippen LogP contribution < -0.4 is 0 Å². The van der Waals surface area contributed by atoms with Crippen LogP contribution in [-0.2, 0) is 26.1 Å². The molecule has 1 aromatic rings. The van der Waals surface area contributed by atoms with E-state index >= 15 is 0 Å². The van der Waals surface area contributed by atoms with Crippen LogP contribution in [0.25, 0.3) is 6.08 Å². The van der Waals surface area contributed by atoms with Crippen LogP contribution in [0.15, 0.2) is 18.5 Å². The molecular weight excluding hydrogens is 224 g/mol. The van der Waals surface area contributed by atoms with E-state index in [1.54, 1.807) is 30.2 Å². The molecule has 0 aromatic carbocycles. The number of rotatable bonds is 4. The Morgan fingerprint density at radius 2 is 2.24 bits per heavy atom. The number of esters is 2. The van der Waals surface area contributed by atoms with Gasteiger partial charge in [-0.25, -0.2) is 9.59 Å². The third-order valence-electron chi connectivity index (χ3n) is 1.96. The van der Waals surface area contributed by atoms with Gasteiger partial charge in [0.15, 0.2) is 6.10 Å². The van der Waals surface area contributed by atoms with Gasteiger partial charge in [-0.15, -0.1) is 0 Å². The lowest BCUT2D eigenvalue weighted by molar-refractivity contribution is -0.161. The standard InChI is InChI=1S/C11H14N2O4/c1-8(11(15)16-3)17-10(14)5-4-9-6-12-13(2)7-9/h4-8H,1-3H3. The number of aromatic nitrogens is 2. The maximum absolute atomic E-state index is 11.3. The lowest BCUT2D eigenvalue weighted by Crippen LogP contribution is -2.24. The molecule has 6 heteroatoms. The average molecular weight is 238 g/mol. The fraction of sp³-hybridized carbons (Fsp3) is 0.364. The summed E-state index contributed by atoms with van der Waals surface area (Å²) in [4.78, 5) is 22.3. The second kappa shape index (κ2) is 5.83. The fourth-order valence-electron chi connectivity index (χ4n) is 1.12. The van der Waals surface area contributed by atoms with Crippen LogP contribution >= 0.6 is 0 Å². The Labute approximate surface area is 98.8 Å². The van der Waals surface area contributed by atoms with E-state index in [-0.39, 0.29) is 0 Å². The van der Waals surface area contributed by atoms with E-state index in [1.165, 1.54) is 20.1 Å². The molecule has 0 saturated carbocycles. The smallest absolute Gasteiger partial charge is 0.346 e. The molecule has 6 nitrogen and oxygen atoms in total. The molecular formula is C11H14N2O4. The summed E-state index contributed by atoms with van der Waals surface area (Å²) in [5.41, 5.74) is 0.773. The number of methoxy groups -OCH3 is 1. The quantitative estimate of drug-likeness (QED) is 0.565. The number of hydrogen-bond donors (Lipinski definition) is 0. The molecule has 0 aliphatic rings. The van der Waals surface area contributed by atoms with Gasteiger partial charge in [0, 0.05) is 24.9 Å². The largest absolute Gasteiger partial charge is 0.466 e. The molecule has 1 aromatic heterocycles. The van der Waals surface area contributed by atoms with E-state index in [0.29, 0.717) is 0 Å². The van der Waals surface area contributed by atoms with Crippen molar-refractivity contribution in [3.8, 4) is 0 Å². The summed E-state index contributed by atoms with van der Waals surface area (Å²) in [6.07, 6.45) is 5.22. The number of nitrogens with zero attached hydrogens (tertiary/aromatic N) is 2. The number of hydrogen-bond acceptors (Lipinski definition) is 5. The zero-order chi connectivity index (χ0) is 12.8.